The van der Waals surface area contributed by atoms with Crippen molar-refractivity contribution in [2.24, 2.45) is 0 Å². The quantitative estimate of drug-likeness (QED) is 0.701. The van der Waals surface area contributed by atoms with Gasteiger partial charge in [0.1, 0.15) is 0 Å². The second-order valence-corrected chi connectivity index (χ2v) is 5.94. The standard InChI is InChI=1S/C17H29NO2/c1-5-11-18-14-16(15-9-7-6-8-10-15)19-12-13-20-17(2,3)4/h6-10,16,18H,5,11-14H2,1-4H3. The number of benzene rings is 1. The van der Waals surface area contributed by atoms with Crippen LogP contribution in [0.25, 0.3) is 0 Å². The Morgan fingerprint density at radius 2 is 1.80 bits per heavy atom. The molecule has 1 atom stereocenters. The molecule has 0 aliphatic carbocycles. The fraction of sp³-hybridized carbons (Fsp3) is 0.647. The highest BCUT2D eigenvalue weighted by Gasteiger charge is 2.13. The molecule has 1 rings (SSSR count). The summed E-state index contributed by atoms with van der Waals surface area (Å²) in [5.74, 6) is 0. The molecule has 1 aromatic carbocycles. The third-order valence-electron chi connectivity index (χ3n) is 2.87. The summed E-state index contributed by atoms with van der Waals surface area (Å²) in [5, 5.41) is 3.42. The van der Waals surface area contributed by atoms with Crippen LogP contribution in [0.2, 0.25) is 0 Å². The predicted octanol–water partition coefficient (Wildman–Crippen LogP) is 3.56. The van der Waals surface area contributed by atoms with Crippen LogP contribution >= 0.6 is 0 Å². The Labute approximate surface area is 123 Å². The van der Waals surface area contributed by atoms with Crippen molar-refractivity contribution < 1.29 is 9.47 Å². The number of nitrogens with one attached hydrogen (secondary N) is 1. The molecule has 0 saturated heterocycles. The Hall–Kier alpha value is -0.900. The predicted molar refractivity (Wildman–Crippen MR) is 84.0 cm³/mol. The van der Waals surface area contributed by atoms with Crippen molar-refractivity contribution in [3.63, 3.8) is 0 Å². The molecule has 0 aromatic heterocycles. The van der Waals surface area contributed by atoms with E-state index in [1.54, 1.807) is 0 Å². The second kappa shape index (κ2) is 9.11. The molecular weight excluding hydrogens is 250 g/mol. The van der Waals surface area contributed by atoms with Crippen LogP contribution in [0.15, 0.2) is 30.3 Å². The van der Waals surface area contributed by atoms with E-state index in [1.165, 1.54) is 5.56 Å². The Balaban J connectivity index is 2.42. The Kier molecular flexibility index (Phi) is 7.82. The molecule has 3 heteroatoms. The minimum atomic E-state index is -0.105. The zero-order chi connectivity index (χ0) is 14.8. The van der Waals surface area contributed by atoms with Gasteiger partial charge in [-0.15, -0.1) is 0 Å². The smallest absolute Gasteiger partial charge is 0.0950 e. The summed E-state index contributed by atoms with van der Waals surface area (Å²) < 4.78 is 11.7. The van der Waals surface area contributed by atoms with E-state index in [2.05, 4.69) is 57.3 Å². The maximum Gasteiger partial charge on any atom is 0.0950 e. The van der Waals surface area contributed by atoms with Gasteiger partial charge in [0, 0.05) is 6.54 Å². The fourth-order valence-corrected chi connectivity index (χ4v) is 1.89. The fourth-order valence-electron chi connectivity index (χ4n) is 1.89. The molecular formula is C17H29NO2. The third-order valence-corrected chi connectivity index (χ3v) is 2.87. The lowest BCUT2D eigenvalue weighted by Crippen LogP contribution is -2.26. The van der Waals surface area contributed by atoms with Crippen LogP contribution < -0.4 is 5.32 Å². The summed E-state index contributed by atoms with van der Waals surface area (Å²) in [5.41, 5.74) is 1.11. The number of hydrogen-bond donors (Lipinski definition) is 1. The van der Waals surface area contributed by atoms with E-state index in [0.717, 1.165) is 19.5 Å². The van der Waals surface area contributed by atoms with Gasteiger partial charge in [-0.05, 0) is 39.3 Å². The van der Waals surface area contributed by atoms with Crippen LogP contribution in [0, 0.1) is 0 Å². The number of hydrogen-bond acceptors (Lipinski definition) is 3. The summed E-state index contributed by atoms with van der Waals surface area (Å²) in [6, 6.07) is 10.4. The van der Waals surface area contributed by atoms with Crippen LogP contribution in [-0.4, -0.2) is 31.9 Å². The lowest BCUT2D eigenvalue weighted by molar-refractivity contribution is -0.0518. The normalized spacial score (nSPS) is 13.4. The molecule has 0 aliphatic rings. The van der Waals surface area contributed by atoms with Gasteiger partial charge in [-0.3, -0.25) is 0 Å². The molecule has 114 valence electrons. The Morgan fingerprint density at radius 1 is 1.10 bits per heavy atom. The zero-order valence-corrected chi connectivity index (χ0v) is 13.3. The molecule has 20 heavy (non-hydrogen) atoms. The van der Waals surface area contributed by atoms with Crippen LogP contribution in [0.4, 0.5) is 0 Å². The van der Waals surface area contributed by atoms with Gasteiger partial charge >= 0.3 is 0 Å². The molecule has 1 unspecified atom stereocenters. The first kappa shape index (κ1) is 17.2. The molecule has 3 nitrogen and oxygen atoms in total. The van der Waals surface area contributed by atoms with Gasteiger partial charge in [0.25, 0.3) is 0 Å². The van der Waals surface area contributed by atoms with Crippen LogP contribution in [0.3, 0.4) is 0 Å². The summed E-state index contributed by atoms with van der Waals surface area (Å²) in [6.45, 7) is 11.5. The minimum Gasteiger partial charge on any atom is -0.373 e. The lowest BCUT2D eigenvalue weighted by Gasteiger charge is -2.22. The van der Waals surface area contributed by atoms with Crippen molar-refractivity contribution in [1.82, 2.24) is 5.32 Å². The number of ether oxygens (including phenoxy) is 2. The molecule has 0 spiro atoms. The topological polar surface area (TPSA) is 30.5 Å². The largest absolute Gasteiger partial charge is 0.373 e. The van der Waals surface area contributed by atoms with E-state index < -0.39 is 0 Å². The maximum atomic E-state index is 5.98. The van der Waals surface area contributed by atoms with E-state index in [4.69, 9.17) is 9.47 Å². The van der Waals surface area contributed by atoms with Crippen molar-refractivity contribution in [3.8, 4) is 0 Å². The first-order chi connectivity index (χ1) is 9.53. The molecule has 0 aliphatic heterocycles. The molecule has 0 fully saturated rings. The first-order valence-corrected chi connectivity index (χ1v) is 7.54. The molecule has 0 amide bonds. The van der Waals surface area contributed by atoms with E-state index in [9.17, 15) is 0 Å². The highest BCUT2D eigenvalue weighted by atomic mass is 16.5. The zero-order valence-electron chi connectivity index (χ0n) is 13.3. The van der Waals surface area contributed by atoms with E-state index in [0.29, 0.717) is 13.2 Å². The van der Waals surface area contributed by atoms with Crippen molar-refractivity contribution in [1.29, 1.82) is 0 Å². The average Bonchev–Trinajstić information content (AvgIpc) is 2.41. The van der Waals surface area contributed by atoms with Crippen molar-refractivity contribution in [2.45, 2.75) is 45.8 Å². The summed E-state index contributed by atoms with van der Waals surface area (Å²) in [6.07, 6.45) is 1.22. The van der Waals surface area contributed by atoms with Crippen LogP contribution in [0.1, 0.15) is 45.8 Å². The molecule has 0 bridgehead atoms. The minimum absolute atomic E-state index is 0.0892. The summed E-state index contributed by atoms with van der Waals surface area (Å²) in [7, 11) is 0. The van der Waals surface area contributed by atoms with Gasteiger partial charge in [0.2, 0.25) is 0 Å². The van der Waals surface area contributed by atoms with Gasteiger partial charge < -0.3 is 14.8 Å². The SMILES string of the molecule is CCCNCC(OCCOC(C)(C)C)c1ccccc1. The van der Waals surface area contributed by atoms with Crippen molar-refractivity contribution in [2.75, 3.05) is 26.3 Å². The number of rotatable bonds is 9. The maximum absolute atomic E-state index is 5.98. The second-order valence-electron chi connectivity index (χ2n) is 5.94. The van der Waals surface area contributed by atoms with Gasteiger partial charge in [0.05, 0.1) is 24.9 Å². The Morgan fingerprint density at radius 3 is 2.40 bits per heavy atom. The van der Waals surface area contributed by atoms with E-state index in [-0.39, 0.29) is 11.7 Å². The lowest BCUT2D eigenvalue weighted by atomic mass is 10.1. The molecule has 1 N–H and O–H groups in total. The van der Waals surface area contributed by atoms with Gasteiger partial charge in [0.15, 0.2) is 0 Å². The highest BCUT2D eigenvalue weighted by Crippen LogP contribution is 2.16. The first-order valence-electron chi connectivity index (χ1n) is 7.54. The van der Waals surface area contributed by atoms with Crippen molar-refractivity contribution in [3.05, 3.63) is 35.9 Å². The van der Waals surface area contributed by atoms with Gasteiger partial charge in [-0.25, -0.2) is 0 Å². The molecule has 1 aromatic rings. The third kappa shape index (κ3) is 7.63. The van der Waals surface area contributed by atoms with E-state index >= 15 is 0 Å². The monoisotopic (exact) mass is 279 g/mol. The Bertz CT molecular complexity index is 346. The van der Waals surface area contributed by atoms with Crippen molar-refractivity contribution >= 4 is 0 Å². The molecule has 0 heterocycles. The molecule has 0 radical (unpaired) electrons. The van der Waals surface area contributed by atoms with Gasteiger partial charge in [-0.2, -0.15) is 0 Å². The molecule has 0 saturated carbocycles. The van der Waals surface area contributed by atoms with Crippen LogP contribution in [0.5, 0.6) is 0 Å². The van der Waals surface area contributed by atoms with Gasteiger partial charge in [-0.1, -0.05) is 37.3 Å². The highest BCUT2D eigenvalue weighted by molar-refractivity contribution is 5.17. The summed E-state index contributed by atoms with van der Waals surface area (Å²) >= 11 is 0. The summed E-state index contributed by atoms with van der Waals surface area (Å²) in [4.78, 5) is 0. The average molecular weight is 279 g/mol. The van der Waals surface area contributed by atoms with Crippen LogP contribution in [-0.2, 0) is 9.47 Å². The van der Waals surface area contributed by atoms with E-state index in [1.807, 2.05) is 6.07 Å².